The van der Waals surface area contributed by atoms with E-state index < -0.39 is 0 Å². The van der Waals surface area contributed by atoms with Crippen molar-refractivity contribution in [1.29, 1.82) is 0 Å². The number of methoxy groups -OCH3 is 1. The predicted octanol–water partition coefficient (Wildman–Crippen LogP) is 2.33. The van der Waals surface area contributed by atoms with Gasteiger partial charge in [-0.2, -0.15) is 0 Å². The van der Waals surface area contributed by atoms with E-state index in [1.165, 1.54) is 17.5 Å². The zero-order chi connectivity index (χ0) is 14.7. The third-order valence-corrected chi connectivity index (χ3v) is 4.70. The van der Waals surface area contributed by atoms with Crippen molar-refractivity contribution in [2.75, 3.05) is 20.4 Å². The normalized spacial score (nSPS) is 26.4. The SMILES string of the molecule is COCOc1ccc2c(c1)CCN([C@H]1CCC[C@@H](O)C1)C2. The second-order valence-corrected chi connectivity index (χ2v) is 6.18. The fourth-order valence-corrected chi connectivity index (χ4v) is 3.55. The van der Waals surface area contributed by atoms with E-state index in [2.05, 4.69) is 17.0 Å². The topological polar surface area (TPSA) is 41.9 Å². The fraction of sp³-hybridized carbons (Fsp3) is 0.647. The summed E-state index contributed by atoms with van der Waals surface area (Å²) < 4.78 is 10.5. The lowest BCUT2D eigenvalue weighted by atomic mass is 9.89. The van der Waals surface area contributed by atoms with Crippen LogP contribution < -0.4 is 4.74 Å². The molecule has 1 aromatic rings. The van der Waals surface area contributed by atoms with Crippen LogP contribution in [-0.2, 0) is 17.7 Å². The average molecular weight is 291 g/mol. The molecule has 0 unspecified atom stereocenters. The van der Waals surface area contributed by atoms with Crippen LogP contribution in [-0.4, -0.2) is 42.6 Å². The Morgan fingerprint density at radius 3 is 3.00 bits per heavy atom. The molecule has 0 aromatic heterocycles. The van der Waals surface area contributed by atoms with Gasteiger partial charge in [0.2, 0.25) is 0 Å². The van der Waals surface area contributed by atoms with E-state index in [1.54, 1.807) is 7.11 Å². The smallest absolute Gasteiger partial charge is 0.188 e. The molecule has 3 rings (SSSR count). The molecule has 4 nitrogen and oxygen atoms in total. The molecule has 1 N–H and O–H groups in total. The molecule has 0 bridgehead atoms. The lowest BCUT2D eigenvalue weighted by Gasteiger charge is -2.39. The summed E-state index contributed by atoms with van der Waals surface area (Å²) in [5.41, 5.74) is 2.78. The van der Waals surface area contributed by atoms with Crippen molar-refractivity contribution in [2.24, 2.45) is 0 Å². The summed E-state index contributed by atoms with van der Waals surface area (Å²) >= 11 is 0. The molecule has 1 aromatic carbocycles. The molecular weight excluding hydrogens is 266 g/mol. The number of aliphatic hydroxyl groups is 1. The Kier molecular flexibility index (Phi) is 4.78. The molecular formula is C17H25NO3. The van der Waals surface area contributed by atoms with E-state index in [-0.39, 0.29) is 6.10 Å². The third-order valence-electron chi connectivity index (χ3n) is 4.70. The highest BCUT2D eigenvalue weighted by molar-refractivity contribution is 5.37. The lowest BCUT2D eigenvalue weighted by molar-refractivity contribution is 0.0503. The number of fused-ring (bicyclic) bond motifs is 1. The second-order valence-electron chi connectivity index (χ2n) is 6.18. The molecule has 116 valence electrons. The summed E-state index contributed by atoms with van der Waals surface area (Å²) in [6.45, 7) is 2.38. The average Bonchev–Trinajstić information content (AvgIpc) is 2.52. The van der Waals surface area contributed by atoms with Gasteiger partial charge < -0.3 is 14.6 Å². The van der Waals surface area contributed by atoms with Crippen molar-refractivity contribution in [3.05, 3.63) is 29.3 Å². The lowest BCUT2D eigenvalue weighted by Crippen LogP contribution is -2.42. The maximum absolute atomic E-state index is 9.87. The first kappa shape index (κ1) is 14.8. The summed E-state index contributed by atoms with van der Waals surface area (Å²) in [5.74, 6) is 0.886. The monoisotopic (exact) mass is 291 g/mol. The van der Waals surface area contributed by atoms with Crippen molar-refractivity contribution in [2.45, 2.75) is 50.8 Å². The predicted molar refractivity (Wildman–Crippen MR) is 81.3 cm³/mol. The van der Waals surface area contributed by atoms with Gasteiger partial charge in [-0.3, -0.25) is 4.90 Å². The van der Waals surface area contributed by atoms with Crippen LogP contribution in [0.4, 0.5) is 0 Å². The summed E-state index contributed by atoms with van der Waals surface area (Å²) in [5, 5.41) is 9.87. The van der Waals surface area contributed by atoms with Gasteiger partial charge in [-0.1, -0.05) is 6.07 Å². The van der Waals surface area contributed by atoms with E-state index >= 15 is 0 Å². The van der Waals surface area contributed by atoms with Crippen molar-refractivity contribution in [3.63, 3.8) is 0 Å². The van der Waals surface area contributed by atoms with Crippen molar-refractivity contribution >= 4 is 0 Å². The Balaban J connectivity index is 1.65. The molecule has 0 radical (unpaired) electrons. The number of rotatable bonds is 4. The van der Waals surface area contributed by atoms with Gasteiger partial charge in [0.15, 0.2) is 6.79 Å². The molecule has 21 heavy (non-hydrogen) atoms. The van der Waals surface area contributed by atoms with Crippen LogP contribution in [0.2, 0.25) is 0 Å². The minimum atomic E-state index is -0.102. The number of hydrogen-bond donors (Lipinski definition) is 1. The zero-order valence-electron chi connectivity index (χ0n) is 12.8. The van der Waals surface area contributed by atoms with Crippen LogP contribution in [0.1, 0.15) is 36.8 Å². The van der Waals surface area contributed by atoms with Crippen molar-refractivity contribution in [3.8, 4) is 5.75 Å². The third kappa shape index (κ3) is 3.57. The number of nitrogens with zero attached hydrogens (tertiary/aromatic N) is 1. The van der Waals surface area contributed by atoms with E-state index in [9.17, 15) is 5.11 Å². The molecule has 1 fully saturated rings. The maximum Gasteiger partial charge on any atom is 0.188 e. The molecule has 2 aliphatic rings. The van der Waals surface area contributed by atoms with Crippen molar-refractivity contribution < 1.29 is 14.6 Å². The highest BCUT2D eigenvalue weighted by Crippen LogP contribution is 2.29. The number of benzene rings is 1. The number of ether oxygens (including phenoxy) is 2. The minimum Gasteiger partial charge on any atom is -0.468 e. The van der Waals surface area contributed by atoms with Crippen LogP contribution in [0.15, 0.2) is 18.2 Å². The first-order chi connectivity index (χ1) is 10.3. The molecule has 0 amide bonds. The first-order valence-corrected chi connectivity index (χ1v) is 7.92. The highest BCUT2D eigenvalue weighted by Gasteiger charge is 2.28. The molecule has 0 spiro atoms. The van der Waals surface area contributed by atoms with E-state index in [0.717, 1.165) is 44.5 Å². The summed E-state index contributed by atoms with van der Waals surface area (Å²) in [6, 6.07) is 6.89. The second kappa shape index (κ2) is 6.77. The summed E-state index contributed by atoms with van der Waals surface area (Å²) in [7, 11) is 1.63. The Hall–Kier alpha value is -1.10. The molecule has 0 saturated heterocycles. The van der Waals surface area contributed by atoms with Crippen LogP contribution >= 0.6 is 0 Å². The van der Waals surface area contributed by atoms with Gasteiger partial charge in [-0.05, 0) is 55.4 Å². The molecule has 1 aliphatic heterocycles. The van der Waals surface area contributed by atoms with Crippen LogP contribution in [0.3, 0.4) is 0 Å². The molecule has 2 atom stereocenters. The van der Waals surface area contributed by atoms with Gasteiger partial charge >= 0.3 is 0 Å². The van der Waals surface area contributed by atoms with Crippen LogP contribution in [0.25, 0.3) is 0 Å². The van der Waals surface area contributed by atoms with Gasteiger partial charge in [-0.25, -0.2) is 0 Å². The molecule has 1 saturated carbocycles. The number of hydrogen-bond acceptors (Lipinski definition) is 4. The molecule has 1 aliphatic carbocycles. The van der Waals surface area contributed by atoms with Gasteiger partial charge in [0.25, 0.3) is 0 Å². The molecule has 1 heterocycles. The number of aliphatic hydroxyl groups excluding tert-OH is 1. The zero-order valence-corrected chi connectivity index (χ0v) is 12.8. The van der Waals surface area contributed by atoms with Crippen molar-refractivity contribution in [1.82, 2.24) is 4.90 Å². The Labute approximate surface area is 126 Å². The van der Waals surface area contributed by atoms with Gasteiger partial charge in [0.05, 0.1) is 6.10 Å². The largest absolute Gasteiger partial charge is 0.468 e. The van der Waals surface area contributed by atoms with Gasteiger partial charge in [0, 0.05) is 26.2 Å². The van der Waals surface area contributed by atoms with Crippen LogP contribution in [0, 0.1) is 0 Å². The Bertz CT molecular complexity index is 477. The van der Waals surface area contributed by atoms with Crippen LogP contribution in [0.5, 0.6) is 5.75 Å². The van der Waals surface area contributed by atoms with E-state index in [0.29, 0.717) is 12.8 Å². The van der Waals surface area contributed by atoms with Gasteiger partial charge in [-0.15, -0.1) is 0 Å². The van der Waals surface area contributed by atoms with Gasteiger partial charge in [0.1, 0.15) is 5.75 Å². The first-order valence-electron chi connectivity index (χ1n) is 7.92. The Morgan fingerprint density at radius 2 is 2.19 bits per heavy atom. The minimum absolute atomic E-state index is 0.102. The van der Waals surface area contributed by atoms with E-state index in [4.69, 9.17) is 9.47 Å². The standard InChI is InChI=1S/C17H25NO3/c1-20-12-21-17-6-5-14-11-18(8-7-13(14)9-17)15-3-2-4-16(19)10-15/h5-6,9,15-16,19H,2-4,7-8,10-12H2,1H3/t15-,16+/m0/s1. The summed E-state index contributed by atoms with van der Waals surface area (Å²) in [4.78, 5) is 2.54. The maximum atomic E-state index is 9.87. The Morgan fingerprint density at radius 1 is 1.29 bits per heavy atom. The molecule has 4 heteroatoms. The quantitative estimate of drug-likeness (QED) is 0.865. The highest BCUT2D eigenvalue weighted by atomic mass is 16.7. The fourth-order valence-electron chi connectivity index (χ4n) is 3.55. The van der Waals surface area contributed by atoms with E-state index in [1.807, 2.05) is 6.07 Å². The summed E-state index contributed by atoms with van der Waals surface area (Å²) in [6.07, 6.45) is 5.24.